The molecule has 0 unspecified atom stereocenters. The summed E-state index contributed by atoms with van der Waals surface area (Å²) >= 11 is 0. The molecule has 1 aliphatic heterocycles. The summed E-state index contributed by atoms with van der Waals surface area (Å²) in [6, 6.07) is 0. The van der Waals surface area contributed by atoms with Crippen LogP contribution < -0.4 is 0 Å². The van der Waals surface area contributed by atoms with Crippen molar-refractivity contribution in [2.75, 3.05) is 7.11 Å². The van der Waals surface area contributed by atoms with Crippen LogP contribution in [0.3, 0.4) is 0 Å². The number of hydrogen-bond donors (Lipinski definition) is 0. The maximum Gasteiger partial charge on any atom is 0.306 e. The van der Waals surface area contributed by atoms with E-state index in [0.717, 1.165) is 25.7 Å². The molecule has 3 nitrogen and oxygen atoms in total. The van der Waals surface area contributed by atoms with Crippen molar-refractivity contribution in [2.45, 2.75) is 50.7 Å². The van der Waals surface area contributed by atoms with Crippen LogP contribution >= 0.6 is 0 Å². The van der Waals surface area contributed by atoms with Crippen molar-refractivity contribution in [3.8, 4) is 0 Å². The second kappa shape index (κ2) is 3.54. The SMILES string of the molecule is CO[C@H]1[C@H](C)CC[C@]12CCCC(=O)O2. The molecule has 0 amide bonds. The van der Waals surface area contributed by atoms with E-state index in [1.807, 2.05) is 0 Å². The summed E-state index contributed by atoms with van der Waals surface area (Å²) in [5, 5.41) is 0. The molecule has 0 aromatic carbocycles. The molecule has 1 heterocycles. The number of hydrogen-bond acceptors (Lipinski definition) is 3. The molecule has 2 aliphatic rings. The molecule has 1 saturated carbocycles. The van der Waals surface area contributed by atoms with Gasteiger partial charge in [-0.1, -0.05) is 6.92 Å². The Morgan fingerprint density at radius 3 is 2.93 bits per heavy atom. The standard InChI is InChI=1S/C11H18O3/c1-8-5-7-11(10(8)13-2)6-3-4-9(12)14-11/h8,10H,3-7H2,1-2H3/t8-,10+,11-/m1/s1. The molecular formula is C11H18O3. The minimum Gasteiger partial charge on any atom is -0.456 e. The predicted octanol–water partition coefficient (Wildman–Crippen LogP) is 1.90. The lowest BCUT2D eigenvalue weighted by Gasteiger charge is -2.38. The average molecular weight is 198 g/mol. The van der Waals surface area contributed by atoms with Crippen molar-refractivity contribution in [1.82, 2.24) is 0 Å². The zero-order chi connectivity index (χ0) is 10.2. The first-order valence-electron chi connectivity index (χ1n) is 5.42. The van der Waals surface area contributed by atoms with Gasteiger partial charge in [0.25, 0.3) is 0 Å². The minimum atomic E-state index is -0.288. The van der Waals surface area contributed by atoms with Crippen LogP contribution in [-0.4, -0.2) is 24.8 Å². The highest BCUT2D eigenvalue weighted by molar-refractivity contribution is 5.70. The third-order valence-electron chi connectivity index (χ3n) is 3.61. The molecule has 14 heavy (non-hydrogen) atoms. The van der Waals surface area contributed by atoms with Crippen LogP contribution in [0, 0.1) is 5.92 Å². The van der Waals surface area contributed by atoms with Gasteiger partial charge in [0.15, 0.2) is 0 Å². The summed E-state index contributed by atoms with van der Waals surface area (Å²) in [6.45, 7) is 2.17. The molecule has 3 atom stereocenters. The lowest BCUT2D eigenvalue weighted by atomic mass is 9.88. The third kappa shape index (κ3) is 1.44. The highest BCUT2D eigenvalue weighted by Crippen LogP contribution is 2.44. The first-order valence-corrected chi connectivity index (χ1v) is 5.42. The molecule has 2 rings (SSSR count). The van der Waals surface area contributed by atoms with E-state index in [-0.39, 0.29) is 17.7 Å². The zero-order valence-corrected chi connectivity index (χ0v) is 8.91. The van der Waals surface area contributed by atoms with Gasteiger partial charge in [-0.25, -0.2) is 0 Å². The molecule has 0 radical (unpaired) electrons. The van der Waals surface area contributed by atoms with Crippen LogP contribution in [0.5, 0.6) is 0 Å². The van der Waals surface area contributed by atoms with Crippen molar-refractivity contribution in [1.29, 1.82) is 0 Å². The smallest absolute Gasteiger partial charge is 0.306 e. The van der Waals surface area contributed by atoms with E-state index in [1.54, 1.807) is 7.11 Å². The largest absolute Gasteiger partial charge is 0.456 e. The number of ether oxygens (including phenoxy) is 2. The molecule has 0 N–H and O–H groups in total. The van der Waals surface area contributed by atoms with Gasteiger partial charge in [-0.05, 0) is 31.6 Å². The highest BCUT2D eigenvalue weighted by atomic mass is 16.6. The van der Waals surface area contributed by atoms with E-state index in [1.165, 1.54) is 0 Å². The normalized spacial score (nSPS) is 42.9. The minimum absolute atomic E-state index is 0.0487. The van der Waals surface area contributed by atoms with Gasteiger partial charge in [-0.3, -0.25) is 4.79 Å². The summed E-state index contributed by atoms with van der Waals surface area (Å²) in [6.07, 6.45) is 4.68. The Labute approximate surface area is 84.8 Å². The summed E-state index contributed by atoms with van der Waals surface area (Å²) in [5.41, 5.74) is -0.288. The van der Waals surface area contributed by atoms with Gasteiger partial charge in [0.05, 0.1) is 6.10 Å². The summed E-state index contributed by atoms with van der Waals surface area (Å²) in [5.74, 6) is 0.457. The summed E-state index contributed by atoms with van der Waals surface area (Å²) in [4.78, 5) is 11.3. The maximum atomic E-state index is 11.3. The number of methoxy groups -OCH3 is 1. The monoisotopic (exact) mass is 198 g/mol. The predicted molar refractivity (Wildman–Crippen MR) is 51.9 cm³/mol. The first-order chi connectivity index (χ1) is 6.68. The molecule has 0 aromatic heterocycles. The van der Waals surface area contributed by atoms with Crippen molar-refractivity contribution in [3.05, 3.63) is 0 Å². The molecule has 0 bridgehead atoms. The molecule has 0 aromatic rings. The lowest BCUT2D eigenvalue weighted by molar-refractivity contribution is -0.183. The van der Waals surface area contributed by atoms with E-state index in [4.69, 9.17) is 9.47 Å². The fourth-order valence-electron chi connectivity index (χ4n) is 2.97. The molecule has 3 heteroatoms. The average Bonchev–Trinajstić information content (AvgIpc) is 2.43. The summed E-state index contributed by atoms with van der Waals surface area (Å²) in [7, 11) is 1.72. The Balaban J connectivity index is 2.17. The van der Waals surface area contributed by atoms with Gasteiger partial charge in [0.2, 0.25) is 0 Å². The van der Waals surface area contributed by atoms with Crippen LogP contribution in [0.15, 0.2) is 0 Å². The maximum absolute atomic E-state index is 11.3. The third-order valence-corrected chi connectivity index (χ3v) is 3.61. The van der Waals surface area contributed by atoms with E-state index in [2.05, 4.69) is 6.92 Å². The van der Waals surface area contributed by atoms with Gasteiger partial charge in [-0.15, -0.1) is 0 Å². The van der Waals surface area contributed by atoms with Crippen molar-refractivity contribution in [2.24, 2.45) is 5.92 Å². The van der Waals surface area contributed by atoms with E-state index < -0.39 is 0 Å². The zero-order valence-electron chi connectivity index (χ0n) is 8.91. The molecular weight excluding hydrogens is 180 g/mol. The fraction of sp³-hybridized carbons (Fsp3) is 0.909. The van der Waals surface area contributed by atoms with Gasteiger partial charge in [0.1, 0.15) is 5.60 Å². The number of carbonyl (C=O) groups is 1. The Hall–Kier alpha value is -0.570. The second-order valence-electron chi connectivity index (χ2n) is 4.56. The summed E-state index contributed by atoms with van der Waals surface area (Å²) < 4.78 is 11.0. The highest BCUT2D eigenvalue weighted by Gasteiger charge is 2.51. The fourth-order valence-corrected chi connectivity index (χ4v) is 2.97. The van der Waals surface area contributed by atoms with Crippen molar-refractivity contribution in [3.63, 3.8) is 0 Å². The first kappa shape index (κ1) is 9.97. The second-order valence-corrected chi connectivity index (χ2v) is 4.56. The Kier molecular flexibility index (Phi) is 2.52. The van der Waals surface area contributed by atoms with Crippen molar-refractivity contribution < 1.29 is 14.3 Å². The topological polar surface area (TPSA) is 35.5 Å². The Morgan fingerprint density at radius 2 is 2.29 bits per heavy atom. The molecule has 2 fully saturated rings. The van der Waals surface area contributed by atoms with Crippen LogP contribution in [-0.2, 0) is 14.3 Å². The molecule has 1 saturated heterocycles. The van der Waals surface area contributed by atoms with E-state index >= 15 is 0 Å². The van der Waals surface area contributed by atoms with Gasteiger partial charge < -0.3 is 9.47 Å². The quantitative estimate of drug-likeness (QED) is 0.604. The van der Waals surface area contributed by atoms with E-state index in [0.29, 0.717) is 12.3 Å². The number of esters is 1. The van der Waals surface area contributed by atoms with E-state index in [9.17, 15) is 4.79 Å². The molecule has 80 valence electrons. The number of carbonyl (C=O) groups excluding carboxylic acids is 1. The van der Waals surface area contributed by atoms with Crippen LogP contribution in [0.1, 0.15) is 39.0 Å². The van der Waals surface area contributed by atoms with Gasteiger partial charge >= 0.3 is 5.97 Å². The Bertz CT molecular complexity index is 235. The molecule has 1 aliphatic carbocycles. The van der Waals surface area contributed by atoms with Gasteiger partial charge in [0, 0.05) is 13.5 Å². The van der Waals surface area contributed by atoms with Crippen LogP contribution in [0.25, 0.3) is 0 Å². The Morgan fingerprint density at radius 1 is 1.50 bits per heavy atom. The van der Waals surface area contributed by atoms with Crippen LogP contribution in [0.4, 0.5) is 0 Å². The van der Waals surface area contributed by atoms with Crippen LogP contribution in [0.2, 0.25) is 0 Å². The number of rotatable bonds is 1. The van der Waals surface area contributed by atoms with Gasteiger partial charge in [-0.2, -0.15) is 0 Å². The molecule has 1 spiro atoms. The lowest BCUT2D eigenvalue weighted by Crippen LogP contribution is -2.47. The van der Waals surface area contributed by atoms with Crippen molar-refractivity contribution >= 4 is 5.97 Å².